The van der Waals surface area contributed by atoms with Gasteiger partial charge in [-0.3, -0.25) is 4.55 Å². The monoisotopic (exact) mass is 266 g/mol. The second-order valence-electron chi connectivity index (χ2n) is 3.52. The zero-order chi connectivity index (χ0) is 13.5. The van der Waals surface area contributed by atoms with Crippen LogP contribution in [0, 0.1) is 0 Å². The van der Waals surface area contributed by atoms with Crippen molar-refractivity contribution in [2.45, 2.75) is 33.4 Å². The molecule has 0 saturated carbocycles. The lowest BCUT2D eigenvalue weighted by molar-refractivity contribution is 0.178. The molecule has 1 unspecified atom stereocenters. The van der Waals surface area contributed by atoms with Crippen LogP contribution in [-0.4, -0.2) is 49.1 Å². The molecule has 102 valence electrons. The molecule has 1 rings (SSSR count). The second kappa shape index (κ2) is 7.52. The van der Waals surface area contributed by atoms with Gasteiger partial charge in [0.1, 0.15) is 6.17 Å². The molecule has 0 aromatic heterocycles. The lowest BCUT2D eigenvalue weighted by Gasteiger charge is -2.28. The minimum atomic E-state index is -4.17. The quantitative estimate of drug-likeness (QED) is 0.773. The Kier molecular flexibility index (Phi) is 7.17. The Hall–Kier alpha value is -0.790. The highest BCUT2D eigenvalue weighted by Gasteiger charge is 2.18. The van der Waals surface area contributed by atoms with Gasteiger partial charge in [0.05, 0.1) is 6.61 Å². The molecule has 1 aliphatic heterocycles. The maximum absolute atomic E-state index is 9.56. The third-order valence-electron chi connectivity index (χ3n) is 2.34. The van der Waals surface area contributed by atoms with Gasteiger partial charge in [-0.2, -0.15) is 8.42 Å². The van der Waals surface area contributed by atoms with Crippen molar-refractivity contribution in [2.24, 2.45) is 0 Å². The Morgan fingerprint density at radius 1 is 1.29 bits per heavy atom. The van der Waals surface area contributed by atoms with E-state index in [-0.39, 0.29) is 6.61 Å². The van der Waals surface area contributed by atoms with E-state index in [0.29, 0.717) is 6.17 Å². The zero-order valence-corrected chi connectivity index (χ0v) is 11.6. The van der Waals surface area contributed by atoms with E-state index in [1.807, 2.05) is 0 Å². The summed E-state index contributed by atoms with van der Waals surface area (Å²) in [6.45, 7) is 6.95. The average Bonchev–Trinajstić information content (AvgIpc) is 2.57. The summed E-state index contributed by atoms with van der Waals surface area (Å²) >= 11 is 0. The highest BCUT2D eigenvalue weighted by molar-refractivity contribution is 7.80. The smallest absolute Gasteiger partial charge is 0.359 e. The molecular weight excluding hydrogens is 244 g/mol. The topological polar surface area (TPSA) is 70.1 Å². The Bertz CT molecular complexity index is 329. The van der Waals surface area contributed by atoms with Crippen LogP contribution in [0.3, 0.4) is 0 Å². The first-order valence-electron chi connectivity index (χ1n) is 5.63. The summed E-state index contributed by atoms with van der Waals surface area (Å²) < 4.78 is 30.7. The molecule has 7 heteroatoms. The van der Waals surface area contributed by atoms with Crippen LogP contribution in [0.15, 0.2) is 12.4 Å². The van der Waals surface area contributed by atoms with Crippen LogP contribution in [-0.2, 0) is 14.6 Å². The first kappa shape index (κ1) is 16.2. The summed E-state index contributed by atoms with van der Waals surface area (Å²) in [6.07, 6.45) is 6.09. The molecule has 1 atom stereocenters. The molecule has 0 aliphatic carbocycles. The van der Waals surface area contributed by atoms with Crippen molar-refractivity contribution in [3.8, 4) is 0 Å². The Labute approximate surface area is 104 Å². The van der Waals surface area contributed by atoms with Gasteiger partial charge in [0, 0.05) is 26.0 Å². The molecule has 0 radical (unpaired) electrons. The van der Waals surface area contributed by atoms with E-state index in [1.165, 1.54) is 13.3 Å². The summed E-state index contributed by atoms with van der Waals surface area (Å²) in [4.78, 5) is 4.60. The highest BCUT2D eigenvalue weighted by atomic mass is 32.3. The van der Waals surface area contributed by atoms with Crippen molar-refractivity contribution in [3.63, 3.8) is 0 Å². The minimum Gasteiger partial charge on any atom is -0.359 e. The number of nitrogens with zero attached hydrogens (tertiary/aromatic N) is 2. The van der Waals surface area contributed by atoms with Crippen LogP contribution in [0.4, 0.5) is 0 Å². The fraction of sp³-hybridized carbons (Fsp3) is 0.800. The van der Waals surface area contributed by atoms with E-state index >= 15 is 0 Å². The third kappa shape index (κ3) is 6.50. The molecule has 0 amide bonds. The van der Waals surface area contributed by atoms with Crippen LogP contribution in [0.2, 0.25) is 0 Å². The number of hydrogen-bond acceptors (Lipinski definition) is 5. The molecule has 1 heterocycles. The van der Waals surface area contributed by atoms with E-state index in [2.05, 4.69) is 47.3 Å². The van der Waals surface area contributed by atoms with Gasteiger partial charge in [-0.05, 0) is 20.3 Å². The SMILES string of the molecule is CCC1N(C)C=CN1CC.CCOS(=O)(=O)O. The number of hydrogen-bond donors (Lipinski definition) is 1. The van der Waals surface area contributed by atoms with E-state index in [4.69, 9.17) is 4.55 Å². The van der Waals surface area contributed by atoms with Gasteiger partial charge in [0.2, 0.25) is 0 Å². The molecule has 0 aromatic carbocycles. The Balaban J connectivity index is 0.000000325. The van der Waals surface area contributed by atoms with Crippen molar-refractivity contribution < 1.29 is 17.2 Å². The molecule has 0 bridgehead atoms. The molecule has 0 aromatic rings. The zero-order valence-electron chi connectivity index (χ0n) is 10.8. The summed E-state index contributed by atoms with van der Waals surface area (Å²) in [5.41, 5.74) is 0. The normalized spacial score (nSPS) is 19.2. The second-order valence-corrected chi connectivity index (χ2v) is 4.61. The largest absolute Gasteiger partial charge is 0.397 e. The summed E-state index contributed by atoms with van der Waals surface area (Å²) in [5.74, 6) is 0. The fourth-order valence-electron chi connectivity index (χ4n) is 1.61. The standard InChI is InChI=1S/C8H16N2.C2H6O4S/c1-4-8-9(3)6-7-10(8)5-2;1-2-6-7(3,4)5/h6-8H,4-5H2,1-3H3;2H2,1H3,(H,3,4,5). The van der Waals surface area contributed by atoms with Crippen LogP contribution in [0.1, 0.15) is 27.2 Å². The van der Waals surface area contributed by atoms with E-state index < -0.39 is 10.4 Å². The summed E-state index contributed by atoms with van der Waals surface area (Å²) in [5, 5.41) is 0. The molecule has 0 saturated heterocycles. The van der Waals surface area contributed by atoms with E-state index in [1.54, 1.807) is 0 Å². The molecule has 0 spiro atoms. The van der Waals surface area contributed by atoms with Crippen molar-refractivity contribution >= 4 is 10.4 Å². The summed E-state index contributed by atoms with van der Waals surface area (Å²) in [7, 11) is -2.05. The Morgan fingerprint density at radius 2 is 1.88 bits per heavy atom. The lowest BCUT2D eigenvalue weighted by atomic mass is 10.3. The predicted molar refractivity (Wildman–Crippen MR) is 66.5 cm³/mol. The van der Waals surface area contributed by atoms with Gasteiger partial charge in [-0.15, -0.1) is 0 Å². The highest BCUT2D eigenvalue weighted by Crippen LogP contribution is 2.15. The van der Waals surface area contributed by atoms with E-state index in [9.17, 15) is 8.42 Å². The van der Waals surface area contributed by atoms with Gasteiger partial charge < -0.3 is 9.80 Å². The van der Waals surface area contributed by atoms with Gasteiger partial charge in [0.25, 0.3) is 0 Å². The first-order valence-corrected chi connectivity index (χ1v) is 7.00. The van der Waals surface area contributed by atoms with Gasteiger partial charge >= 0.3 is 10.4 Å². The molecule has 0 fully saturated rings. The maximum Gasteiger partial charge on any atom is 0.397 e. The minimum absolute atomic E-state index is 0.0289. The maximum atomic E-state index is 9.56. The van der Waals surface area contributed by atoms with Crippen molar-refractivity contribution in [1.82, 2.24) is 9.80 Å². The van der Waals surface area contributed by atoms with Crippen molar-refractivity contribution in [3.05, 3.63) is 12.4 Å². The van der Waals surface area contributed by atoms with Gasteiger partial charge in [0.15, 0.2) is 0 Å². The van der Waals surface area contributed by atoms with Crippen LogP contribution in [0.5, 0.6) is 0 Å². The lowest BCUT2D eigenvalue weighted by Crippen LogP contribution is -2.35. The van der Waals surface area contributed by atoms with Crippen molar-refractivity contribution in [2.75, 3.05) is 20.2 Å². The third-order valence-corrected chi connectivity index (χ3v) is 2.88. The molecule has 1 aliphatic rings. The molecule has 1 N–H and O–H groups in total. The Morgan fingerprint density at radius 3 is 2.12 bits per heavy atom. The van der Waals surface area contributed by atoms with E-state index in [0.717, 1.165) is 6.54 Å². The average molecular weight is 266 g/mol. The first-order chi connectivity index (χ1) is 7.85. The molecule has 6 nitrogen and oxygen atoms in total. The van der Waals surface area contributed by atoms with Crippen LogP contribution in [0.25, 0.3) is 0 Å². The summed E-state index contributed by atoms with van der Waals surface area (Å²) in [6, 6.07) is 0. The fourth-order valence-corrected chi connectivity index (χ4v) is 1.91. The van der Waals surface area contributed by atoms with Gasteiger partial charge in [-0.1, -0.05) is 6.92 Å². The molecule has 17 heavy (non-hydrogen) atoms. The van der Waals surface area contributed by atoms with Crippen LogP contribution >= 0.6 is 0 Å². The van der Waals surface area contributed by atoms with Gasteiger partial charge in [-0.25, -0.2) is 4.18 Å². The number of rotatable bonds is 4. The van der Waals surface area contributed by atoms with Crippen LogP contribution < -0.4 is 0 Å². The van der Waals surface area contributed by atoms with Crippen molar-refractivity contribution in [1.29, 1.82) is 0 Å². The molecular formula is C10H22N2O4S. The predicted octanol–water partition coefficient (Wildman–Crippen LogP) is 1.29.